The van der Waals surface area contributed by atoms with Crippen LogP contribution in [0, 0.1) is 0 Å². The molecule has 1 aliphatic rings. The third kappa shape index (κ3) is 4.74. The summed E-state index contributed by atoms with van der Waals surface area (Å²) in [4.78, 5) is 27.8. The first kappa shape index (κ1) is 22.4. The molecule has 3 rings (SSSR count). The summed E-state index contributed by atoms with van der Waals surface area (Å²) in [6, 6.07) is 15.6. The summed E-state index contributed by atoms with van der Waals surface area (Å²) in [5.74, 6) is 0.625. The largest absolute Gasteiger partial charge is 0.497 e. The van der Waals surface area contributed by atoms with Gasteiger partial charge in [0.15, 0.2) is 0 Å². The van der Waals surface area contributed by atoms with Crippen LogP contribution in [0.2, 0.25) is 0 Å². The Hall–Kier alpha value is -3.28. The fourth-order valence-electron chi connectivity index (χ4n) is 3.89. The summed E-state index contributed by atoms with van der Waals surface area (Å²) in [6.07, 6.45) is 1.98. The third-order valence-corrected chi connectivity index (χ3v) is 5.52. The minimum absolute atomic E-state index is 0.0473. The van der Waals surface area contributed by atoms with Crippen molar-refractivity contribution >= 4 is 17.7 Å². The number of amides is 2. The number of allylic oxidation sites excluding steroid dienone is 2. The molecule has 0 aliphatic carbocycles. The average Bonchev–Trinajstić information content (AvgIpc) is 2.99. The van der Waals surface area contributed by atoms with Crippen LogP contribution < -0.4 is 15.0 Å². The highest BCUT2D eigenvalue weighted by Gasteiger charge is 2.50. The lowest BCUT2D eigenvalue weighted by Gasteiger charge is -2.28. The molecule has 2 aromatic rings. The number of alkyl carbamates (subject to hydrolysis) is 1. The van der Waals surface area contributed by atoms with Gasteiger partial charge in [-0.05, 0) is 56.5 Å². The van der Waals surface area contributed by atoms with Gasteiger partial charge in [0.25, 0.3) is 0 Å². The number of nitrogens with zero attached hydrogens (tertiary/aromatic N) is 1. The number of anilines is 1. The Morgan fingerprint density at radius 3 is 2.55 bits per heavy atom. The summed E-state index contributed by atoms with van der Waals surface area (Å²) in [6.45, 7) is 6.61. The van der Waals surface area contributed by atoms with Gasteiger partial charge < -0.3 is 19.7 Å². The minimum Gasteiger partial charge on any atom is -0.497 e. The molecule has 2 amide bonds. The van der Waals surface area contributed by atoms with Crippen LogP contribution in [0.15, 0.2) is 60.2 Å². The summed E-state index contributed by atoms with van der Waals surface area (Å²) >= 11 is 0. The lowest BCUT2D eigenvalue weighted by atomic mass is 9.78. The number of hydrogen-bond acceptors (Lipinski definition) is 4. The summed E-state index contributed by atoms with van der Waals surface area (Å²) < 4.78 is 10.5. The number of ether oxygens (including phenoxy) is 2. The SMILES string of the molecule is CCOC(=O)NC[C@]1(CC=C(C)C)C(=O)N(Cc2ccccc2)c2ccc(OC)cc21. The Bertz CT molecular complexity index is 967. The molecule has 2 aromatic carbocycles. The Balaban J connectivity index is 2.08. The molecule has 6 heteroatoms. The lowest BCUT2D eigenvalue weighted by Crippen LogP contribution is -2.48. The van der Waals surface area contributed by atoms with E-state index in [9.17, 15) is 9.59 Å². The van der Waals surface area contributed by atoms with Gasteiger partial charge in [0.05, 0.1) is 25.7 Å². The van der Waals surface area contributed by atoms with E-state index in [0.29, 0.717) is 18.7 Å². The Morgan fingerprint density at radius 1 is 1.16 bits per heavy atom. The van der Waals surface area contributed by atoms with Crippen molar-refractivity contribution in [3.8, 4) is 5.75 Å². The van der Waals surface area contributed by atoms with Gasteiger partial charge in [0, 0.05) is 12.2 Å². The number of nitrogens with one attached hydrogen (secondary N) is 1. The Labute approximate surface area is 183 Å². The first-order valence-electron chi connectivity index (χ1n) is 10.5. The summed E-state index contributed by atoms with van der Waals surface area (Å²) in [7, 11) is 1.61. The van der Waals surface area contributed by atoms with Crippen molar-refractivity contribution < 1.29 is 19.1 Å². The molecule has 0 saturated carbocycles. The first-order valence-corrected chi connectivity index (χ1v) is 10.5. The van der Waals surface area contributed by atoms with E-state index in [1.54, 1.807) is 18.9 Å². The molecular formula is C25H30N2O4. The fourth-order valence-corrected chi connectivity index (χ4v) is 3.89. The molecular weight excluding hydrogens is 392 g/mol. The highest BCUT2D eigenvalue weighted by Crippen LogP contribution is 2.46. The standard InChI is InChI=1S/C25H30N2O4/c1-5-31-24(29)26-17-25(14-13-18(2)3)21-15-20(30-4)11-12-22(21)27(23(25)28)16-19-9-7-6-8-10-19/h6-13,15H,5,14,16-17H2,1-4H3,(H,26,29)/t25-/m0/s1. The zero-order chi connectivity index (χ0) is 22.4. The van der Waals surface area contributed by atoms with Gasteiger partial charge in [-0.15, -0.1) is 0 Å². The van der Waals surface area contributed by atoms with Crippen LogP contribution in [-0.4, -0.2) is 32.3 Å². The maximum atomic E-state index is 13.9. The van der Waals surface area contributed by atoms with Gasteiger partial charge in [0.1, 0.15) is 5.75 Å². The van der Waals surface area contributed by atoms with Crippen molar-refractivity contribution in [3.63, 3.8) is 0 Å². The molecule has 0 saturated heterocycles. The smallest absolute Gasteiger partial charge is 0.407 e. The number of rotatable bonds is 8. The normalized spacial score (nSPS) is 17.2. The second-order valence-corrected chi connectivity index (χ2v) is 7.90. The second-order valence-electron chi connectivity index (χ2n) is 7.90. The third-order valence-electron chi connectivity index (χ3n) is 5.52. The molecule has 1 N–H and O–H groups in total. The van der Waals surface area contributed by atoms with E-state index >= 15 is 0 Å². The van der Waals surface area contributed by atoms with Crippen LogP contribution in [0.5, 0.6) is 5.75 Å². The van der Waals surface area contributed by atoms with Crippen molar-refractivity contribution in [2.45, 2.75) is 39.2 Å². The van der Waals surface area contributed by atoms with Crippen molar-refractivity contribution in [2.75, 3.05) is 25.2 Å². The van der Waals surface area contributed by atoms with E-state index in [0.717, 1.165) is 22.4 Å². The van der Waals surface area contributed by atoms with Crippen molar-refractivity contribution in [2.24, 2.45) is 0 Å². The van der Waals surface area contributed by atoms with Crippen LogP contribution in [0.3, 0.4) is 0 Å². The van der Waals surface area contributed by atoms with Crippen molar-refractivity contribution in [1.29, 1.82) is 0 Å². The molecule has 1 aliphatic heterocycles. The monoisotopic (exact) mass is 422 g/mol. The molecule has 0 unspecified atom stereocenters. The van der Waals surface area contributed by atoms with Crippen molar-refractivity contribution in [1.82, 2.24) is 5.32 Å². The van der Waals surface area contributed by atoms with Crippen LogP contribution in [-0.2, 0) is 21.5 Å². The predicted molar refractivity (Wildman–Crippen MR) is 121 cm³/mol. The molecule has 0 bridgehead atoms. The van der Waals surface area contributed by atoms with Gasteiger partial charge in [-0.1, -0.05) is 42.0 Å². The molecule has 0 fully saturated rings. The maximum Gasteiger partial charge on any atom is 0.407 e. The van der Waals surface area contributed by atoms with E-state index in [2.05, 4.69) is 5.32 Å². The second kappa shape index (κ2) is 9.69. The molecule has 0 spiro atoms. The molecule has 0 radical (unpaired) electrons. The van der Waals surface area contributed by atoms with Crippen LogP contribution in [0.4, 0.5) is 10.5 Å². The first-order chi connectivity index (χ1) is 14.9. The fraction of sp³-hybridized carbons (Fsp3) is 0.360. The topological polar surface area (TPSA) is 67.9 Å². The zero-order valence-corrected chi connectivity index (χ0v) is 18.6. The molecule has 0 aromatic heterocycles. The summed E-state index contributed by atoms with van der Waals surface area (Å²) in [5, 5.41) is 2.80. The zero-order valence-electron chi connectivity index (χ0n) is 18.6. The molecule has 1 atom stereocenters. The predicted octanol–water partition coefficient (Wildman–Crippen LogP) is 4.58. The molecule has 1 heterocycles. The number of methoxy groups -OCH3 is 1. The number of hydrogen-bond donors (Lipinski definition) is 1. The van der Waals surface area contributed by atoms with Gasteiger partial charge in [-0.2, -0.15) is 0 Å². The van der Waals surface area contributed by atoms with E-state index in [-0.39, 0.29) is 19.1 Å². The van der Waals surface area contributed by atoms with Crippen LogP contribution in [0.1, 0.15) is 38.3 Å². The van der Waals surface area contributed by atoms with E-state index in [1.165, 1.54) is 0 Å². The summed E-state index contributed by atoms with van der Waals surface area (Å²) in [5.41, 5.74) is 2.88. The average molecular weight is 423 g/mol. The van der Waals surface area contributed by atoms with Gasteiger partial charge in [-0.3, -0.25) is 4.79 Å². The van der Waals surface area contributed by atoms with E-state index in [1.807, 2.05) is 68.5 Å². The van der Waals surface area contributed by atoms with E-state index in [4.69, 9.17) is 9.47 Å². The van der Waals surface area contributed by atoms with Gasteiger partial charge >= 0.3 is 6.09 Å². The van der Waals surface area contributed by atoms with Crippen molar-refractivity contribution in [3.05, 3.63) is 71.3 Å². The highest BCUT2D eigenvalue weighted by atomic mass is 16.5. The van der Waals surface area contributed by atoms with Gasteiger partial charge in [0.2, 0.25) is 5.91 Å². The Morgan fingerprint density at radius 2 is 1.90 bits per heavy atom. The maximum absolute atomic E-state index is 13.9. The van der Waals surface area contributed by atoms with Crippen LogP contribution >= 0.6 is 0 Å². The molecule has 6 nitrogen and oxygen atoms in total. The van der Waals surface area contributed by atoms with Gasteiger partial charge in [-0.25, -0.2) is 4.79 Å². The number of carbonyl (C=O) groups is 2. The highest BCUT2D eigenvalue weighted by molar-refractivity contribution is 6.08. The quantitative estimate of drug-likeness (QED) is 0.632. The minimum atomic E-state index is -0.942. The Kier molecular flexibility index (Phi) is 7.00. The molecule has 164 valence electrons. The number of fused-ring (bicyclic) bond motifs is 1. The van der Waals surface area contributed by atoms with Crippen LogP contribution in [0.25, 0.3) is 0 Å². The number of benzene rings is 2. The number of carbonyl (C=O) groups excluding carboxylic acids is 2. The van der Waals surface area contributed by atoms with E-state index < -0.39 is 11.5 Å². The lowest BCUT2D eigenvalue weighted by molar-refractivity contribution is -0.123. The molecule has 31 heavy (non-hydrogen) atoms.